The summed E-state index contributed by atoms with van der Waals surface area (Å²) in [4.78, 5) is 36.2. The van der Waals surface area contributed by atoms with E-state index in [2.05, 4.69) is 25.6 Å². The van der Waals surface area contributed by atoms with E-state index in [9.17, 15) is 22.8 Å². The predicted molar refractivity (Wildman–Crippen MR) is 124 cm³/mol. The molecule has 0 bridgehead atoms. The number of hydrogen-bond acceptors (Lipinski definition) is 8. The average Bonchev–Trinajstić information content (AvgIpc) is 3.33. The van der Waals surface area contributed by atoms with Crippen LogP contribution in [0.15, 0.2) is 29.9 Å². The Hall–Kier alpha value is -3.78. The average molecular weight is 510 g/mol. The van der Waals surface area contributed by atoms with Crippen molar-refractivity contribution in [3.05, 3.63) is 41.2 Å². The van der Waals surface area contributed by atoms with Gasteiger partial charge in [0.2, 0.25) is 5.88 Å². The second kappa shape index (κ2) is 11.1. The first-order chi connectivity index (χ1) is 16.7. The Bertz CT molecular complexity index is 1220. The van der Waals surface area contributed by atoms with Gasteiger partial charge in [-0.1, -0.05) is 6.92 Å². The highest BCUT2D eigenvalue weighted by molar-refractivity contribution is 7.13. The Kier molecular flexibility index (Phi) is 8.19. The van der Waals surface area contributed by atoms with Gasteiger partial charge < -0.3 is 10.1 Å². The number of nitrogens with zero attached hydrogens (tertiary/aromatic N) is 3. The van der Waals surface area contributed by atoms with Crippen LogP contribution in [-0.2, 0) is 6.18 Å². The number of nitrogen functional groups attached to an aromatic ring is 1. The van der Waals surface area contributed by atoms with Crippen molar-refractivity contribution in [2.75, 3.05) is 18.5 Å². The van der Waals surface area contributed by atoms with Gasteiger partial charge in [-0.15, -0.1) is 11.3 Å². The third-order valence-electron chi connectivity index (χ3n) is 4.49. The zero-order valence-electron chi connectivity index (χ0n) is 18.7. The van der Waals surface area contributed by atoms with Gasteiger partial charge in [0.25, 0.3) is 5.91 Å². The van der Waals surface area contributed by atoms with Crippen molar-refractivity contribution in [3.63, 3.8) is 0 Å². The summed E-state index contributed by atoms with van der Waals surface area (Å²) in [5.41, 5.74) is 1.84. The van der Waals surface area contributed by atoms with Crippen molar-refractivity contribution in [3.8, 4) is 27.6 Å². The standard InChI is InChI=1S/C21H22F3N7O3S/c1-3-5-34-18-12(6-11(8-28-18)17(32)31-25)14-9-27-16(30-20(33)26-4-2)7-13(14)19-29-15(10-35-19)21(22,23)24/h6-10H,3-5,25H2,1-2H3,(H,31,32)(H2,26,27,30,33). The van der Waals surface area contributed by atoms with Gasteiger partial charge in [-0.25, -0.2) is 25.6 Å². The maximum absolute atomic E-state index is 13.2. The second-order valence-corrected chi connectivity index (χ2v) is 7.89. The van der Waals surface area contributed by atoms with Crippen molar-refractivity contribution in [1.29, 1.82) is 0 Å². The molecule has 5 N–H and O–H groups in total. The smallest absolute Gasteiger partial charge is 0.434 e. The molecule has 0 saturated carbocycles. The Morgan fingerprint density at radius 1 is 1.11 bits per heavy atom. The molecule has 0 radical (unpaired) electrons. The lowest BCUT2D eigenvalue weighted by molar-refractivity contribution is -0.140. The molecule has 186 valence electrons. The number of nitrogens with two attached hydrogens (primary N) is 1. The van der Waals surface area contributed by atoms with Gasteiger partial charge in [-0.2, -0.15) is 13.2 Å². The minimum absolute atomic E-state index is 0.0174. The summed E-state index contributed by atoms with van der Waals surface area (Å²) < 4.78 is 45.4. The van der Waals surface area contributed by atoms with Crippen LogP contribution in [-0.4, -0.2) is 40.0 Å². The number of alkyl halides is 3. The fourth-order valence-electron chi connectivity index (χ4n) is 2.93. The molecule has 35 heavy (non-hydrogen) atoms. The lowest BCUT2D eigenvalue weighted by Crippen LogP contribution is -2.30. The molecule has 0 fully saturated rings. The Morgan fingerprint density at radius 2 is 1.89 bits per heavy atom. The van der Waals surface area contributed by atoms with Crippen LogP contribution >= 0.6 is 11.3 Å². The summed E-state index contributed by atoms with van der Waals surface area (Å²) in [5, 5.41) is 5.97. The quantitative estimate of drug-likeness (QED) is 0.205. The van der Waals surface area contributed by atoms with Crippen molar-refractivity contribution >= 4 is 29.1 Å². The number of halogens is 3. The molecule has 0 aliphatic heterocycles. The third-order valence-corrected chi connectivity index (χ3v) is 5.36. The van der Waals surface area contributed by atoms with Crippen molar-refractivity contribution in [2.45, 2.75) is 26.4 Å². The number of anilines is 1. The first-order valence-electron chi connectivity index (χ1n) is 10.4. The van der Waals surface area contributed by atoms with Crippen LogP contribution in [0.5, 0.6) is 5.88 Å². The first kappa shape index (κ1) is 25.8. The lowest BCUT2D eigenvalue weighted by Gasteiger charge is -2.15. The number of rotatable bonds is 8. The Balaban J connectivity index is 2.21. The molecule has 14 heteroatoms. The van der Waals surface area contributed by atoms with E-state index in [1.807, 2.05) is 12.3 Å². The summed E-state index contributed by atoms with van der Waals surface area (Å²) in [6, 6.07) is 2.29. The highest BCUT2D eigenvalue weighted by Crippen LogP contribution is 2.40. The van der Waals surface area contributed by atoms with Crippen LogP contribution in [0.2, 0.25) is 0 Å². The van der Waals surface area contributed by atoms with E-state index in [4.69, 9.17) is 10.6 Å². The number of hydrazine groups is 1. The molecule has 0 unspecified atom stereocenters. The molecule has 3 amide bonds. The number of pyridine rings is 2. The number of urea groups is 1. The molecule has 0 spiro atoms. The predicted octanol–water partition coefficient (Wildman–Crippen LogP) is 3.82. The van der Waals surface area contributed by atoms with Crippen LogP contribution in [0.1, 0.15) is 36.3 Å². The van der Waals surface area contributed by atoms with E-state index in [1.54, 1.807) is 6.92 Å². The molecule has 3 rings (SSSR count). The van der Waals surface area contributed by atoms with Crippen LogP contribution in [0.25, 0.3) is 21.7 Å². The molecule has 0 aliphatic rings. The van der Waals surface area contributed by atoms with Gasteiger partial charge in [0.15, 0.2) is 5.69 Å². The number of thiazole rings is 1. The highest BCUT2D eigenvalue weighted by atomic mass is 32.1. The zero-order chi connectivity index (χ0) is 25.6. The Labute approximate surface area is 202 Å². The molecule has 3 aromatic heterocycles. The normalized spacial score (nSPS) is 11.1. The number of amides is 3. The largest absolute Gasteiger partial charge is 0.477 e. The van der Waals surface area contributed by atoms with E-state index >= 15 is 0 Å². The molecule has 0 saturated heterocycles. The van der Waals surface area contributed by atoms with Gasteiger partial charge in [0.1, 0.15) is 10.8 Å². The van der Waals surface area contributed by atoms with Crippen LogP contribution in [0.3, 0.4) is 0 Å². The van der Waals surface area contributed by atoms with E-state index in [0.717, 1.165) is 16.7 Å². The summed E-state index contributed by atoms with van der Waals surface area (Å²) in [7, 11) is 0. The van der Waals surface area contributed by atoms with Gasteiger partial charge in [-0.05, 0) is 25.5 Å². The van der Waals surface area contributed by atoms with Gasteiger partial charge >= 0.3 is 12.2 Å². The number of hydrogen-bond donors (Lipinski definition) is 4. The summed E-state index contributed by atoms with van der Waals surface area (Å²) in [6.07, 6.45) is -1.38. The summed E-state index contributed by atoms with van der Waals surface area (Å²) in [5.74, 6) is 4.83. The lowest BCUT2D eigenvalue weighted by atomic mass is 10.0. The number of carbonyl (C=O) groups is 2. The summed E-state index contributed by atoms with van der Waals surface area (Å²) in [6.45, 7) is 4.28. The second-order valence-electron chi connectivity index (χ2n) is 7.03. The van der Waals surface area contributed by atoms with E-state index in [-0.39, 0.29) is 33.4 Å². The number of aromatic nitrogens is 3. The van der Waals surface area contributed by atoms with Crippen LogP contribution < -0.4 is 26.6 Å². The highest BCUT2D eigenvalue weighted by Gasteiger charge is 2.34. The molecule has 3 aromatic rings. The minimum Gasteiger partial charge on any atom is -0.477 e. The van der Waals surface area contributed by atoms with Gasteiger partial charge in [-0.3, -0.25) is 15.5 Å². The number of carbonyl (C=O) groups excluding carboxylic acids is 2. The maximum Gasteiger partial charge on any atom is 0.434 e. The monoisotopic (exact) mass is 509 g/mol. The molecule has 3 heterocycles. The fraction of sp³-hybridized carbons (Fsp3) is 0.286. The topological polar surface area (TPSA) is 144 Å². The van der Waals surface area contributed by atoms with Crippen molar-refractivity contribution in [2.24, 2.45) is 5.84 Å². The molecule has 10 nitrogen and oxygen atoms in total. The van der Waals surface area contributed by atoms with Crippen LogP contribution in [0.4, 0.5) is 23.8 Å². The summed E-state index contributed by atoms with van der Waals surface area (Å²) >= 11 is 0.767. The maximum atomic E-state index is 13.2. The molecule has 0 atom stereocenters. The Morgan fingerprint density at radius 3 is 2.51 bits per heavy atom. The first-order valence-corrected chi connectivity index (χ1v) is 11.3. The van der Waals surface area contributed by atoms with E-state index < -0.39 is 23.8 Å². The van der Waals surface area contributed by atoms with Gasteiger partial charge in [0, 0.05) is 41.0 Å². The van der Waals surface area contributed by atoms with Crippen molar-refractivity contribution < 1.29 is 27.5 Å². The minimum atomic E-state index is -4.64. The van der Waals surface area contributed by atoms with Crippen molar-refractivity contribution in [1.82, 2.24) is 25.7 Å². The SMILES string of the molecule is CCCOc1ncc(C(=O)NN)cc1-c1cnc(NC(=O)NCC)cc1-c1nc(C(F)(F)F)cs1. The molecule has 0 aromatic carbocycles. The van der Waals surface area contributed by atoms with E-state index in [1.165, 1.54) is 24.5 Å². The van der Waals surface area contributed by atoms with Crippen LogP contribution in [0, 0.1) is 0 Å². The number of nitrogens with one attached hydrogen (secondary N) is 3. The molecular formula is C21H22F3N7O3S. The number of ether oxygens (including phenoxy) is 1. The molecule has 0 aliphatic carbocycles. The zero-order valence-corrected chi connectivity index (χ0v) is 19.5. The van der Waals surface area contributed by atoms with E-state index in [0.29, 0.717) is 25.1 Å². The molecular weight excluding hydrogens is 487 g/mol. The third kappa shape index (κ3) is 6.22. The fourth-order valence-corrected chi connectivity index (χ4v) is 3.79. The van der Waals surface area contributed by atoms with Gasteiger partial charge in [0.05, 0.1) is 12.2 Å².